The van der Waals surface area contributed by atoms with Crippen molar-refractivity contribution in [1.82, 2.24) is 0 Å². The van der Waals surface area contributed by atoms with Crippen LogP contribution in [-0.2, 0) is 20.4 Å². The molecule has 25 heavy (non-hydrogen) atoms. The molecule has 2 N–H and O–H groups in total. The van der Waals surface area contributed by atoms with Crippen LogP contribution in [0.25, 0.3) is 0 Å². The fourth-order valence-corrected chi connectivity index (χ4v) is 3.96. The van der Waals surface area contributed by atoms with Crippen LogP contribution in [0.2, 0.25) is 0 Å². The van der Waals surface area contributed by atoms with Crippen molar-refractivity contribution < 1.29 is 24.2 Å². The van der Waals surface area contributed by atoms with Crippen molar-refractivity contribution in [2.75, 3.05) is 0 Å². The Bertz CT molecular complexity index is 837. The minimum Gasteiger partial charge on any atom is -0.480 e. The van der Waals surface area contributed by atoms with Crippen LogP contribution >= 0.6 is 22.6 Å². The van der Waals surface area contributed by atoms with E-state index in [9.17, 15) is 19.8 Å². The lowest BCUT2D eigenvalue weighted by Gasteiger charge is -2.42. The molecule has 5 nitrogen and oxygen atoms in total. The second kappa shape index (κ2) is 6.33. The van der Waals surface area contributed by atoms with E-state index in [1.807, 2.05) is 12.1 Å². The predicted octanol–water partition coefficient (Wildman–Crippen LogP) is 3.97. The molecular formula is C19H17IO5. The molecule has 6 heteroatoms. The molecule has 130 valence electrons. The van der Waals surface area contributed by atoms with Crippen LogP contribution in [0, 0.1) is 3.57 Å². The van der Waals surface area contributed by atoms with Crippen molar-refractivity contribution in [3.63, 3.8) is 0 Å². The van der Waals surface area contributed by atoms with Gasteiger partial charge in [-0.1, -0.05) is 23.8 Å². The molecule has 0 amide bonds. The van der Waals surface area contributed by atoms with E-state index in [-0.39, 0.29) is 18.6 Å². The highest BCUT2D eigenvalue weighted by Gasteiger charge is 2.56. The molecule has 1 aromatic heterocycles. The molecule has 0 saturated carbocycles. The fourth-order valence-electron chi connectivity index (χ4n) is 3.60. The van der Waals surface area contributed by atoms with E-state index in [0.29, 0.717) is 11.1 Å². The summed E-state index contributed by atoms with van der Waals surface area (Å²) in [6, 6.07) is 10.4. The number of carbonyl (C=O) groups is 2. The van der Waals surface area contributed by atoms with Gasteiger partial charge in [-0.2, -0.15) is 0 Å². The summed E-state index contributed by atoms with van der Waals surface area (Å²) in [6.45, 7) is 1.75. The Morgan fingerprint density at radius 2 is 1.80 bits per heavy atom. The number of carboxylic acids is 2. The highest BCUT2D eigenvalue weighted by molar-refractivity contribution is 14.1. The second-order valence-electron chi connectivity index (χ2n) is 6.35. The van der Waals surface area contributed by atoms with E-state index in [1.165, 1.54) is 6.26 Å². The van der Waals surface area contributed by atoms with E-state index >= 15 is 0 Å². The van der Waals surface area contributed by atoms with Gasteiger partial charge >= 0.3 is 11.9 Å². The zero-order valence-corrected chi connectivity index (χ0v) is 15.7. The molecule has 1 aliphatic carbocycles. The molecule has 0 aliphatic heterocycles. The quantitative estimate of drug-likeness (QED) is 0.542. The highest BCUT2D eigenvalue weighted by atomic mass is 127. The van der Waals surface area contributed by atoms with E-state index in [2.05, 4.69) is 22.6 Å². The Balaban J connectivity index is 2.23. The summed E-state index contributed by atoms with van der Waals surface area (Å²) in [5.41, 5.74) is -1.60. The Morgan fingerprint density at radius 1 is 1.12 bits per heavy atom. The minimum absolute atomic E-state index is 0.0961. The van der Waals surface area contributed by atoms with Crippen molar-refractivity contribution in [2.45, 2.75) is 30.6 Å². The summed E-state index contributed by atoms with van der Waals surface area (Å²) in [6.07, 6.45) is 3.23. The molecule has 1 aromatic carbocycles. The van der Waals surface area contributed by atoms with Crippen molar-refractivity contribution in [2.24, 2.45) is 0 Å². The van der Waals surface area contributed by atoms with Crippen molar-refractivity contribution in [1.29, 1.82) is 0 Å². The van der Waals surface area contributed by atoms with Crippen molar-refractivity contribution >= 4 is 34.5 Å². The Labute approximate surface area is 158 Å². The summed E-state index contributed by atoms with van der Waals surface area (Å²) in [5, 5.41) is 20.1. The van der Waals surface area contributed by atoms with Crippen LogP contribution < -0.4 is 0 Å². The Morgan fingerprint density at radius 3 is 2.32 bits per heavy atom. The third-order valence-corrected chi connectivity index (χ3v) is 5.82. The van der Waals surface area contributed by atoms with Gasteiger partial charge < -0.3 is 14.6 Å². The van der Waals surface area contributed by atoms with Gasteiger partial charge in [0, 0.05) is 3.57 Å². The summed E-state index contributed by atoms with van der Waals surface area (Å²) >= 11 is 2.15. The number of carboxylic acid groups (broad SMARTS) is 2. The molecular weight excluding hydrogens is 435 g/mol. The number of hydrogen-bond acceptors (Lipinski definition) is 3. The van der Waals surface area contributed by atoms with Crippen LogP contribution in [0.4, 0.5) is 0 Å². The van der Waals surface area contributed by atoms with Gasteiger partial charge in [0.25, 0.3) is 0 Å². The zero-order chi connectivity index (χ0) is 18.2. The molecule has 1 aliphatic rings. The Kier molecular flexibility index (Phi) is 4.49. The third-order valence-electron chi connectivity index (χ3n) is 5.10. The lowest BCUT2D eigenvalue weighted by molar-refractivity contribution is -0.149. The molecule has 1 heterocycles. The van der Waals surface area contributed by atoms with Gasteiger partial charge in [0.15, 0.2) is 0 Å². The van der Waals surface area contributed by atoms with Gasteiger partial charge in [-0.25, -0.2) is 0 Å². The number of rotatable bonds is 4. The zero-order valence-electron chi connectivity index (χ0n) is 13.5. The summed E-state index contributed by atoms with van der Waals surface area (Å²) in [5.74, 6) is -1.86. The SMILES string of the molecule is CC1=CCC(C(=O)O)(c2ccco2)CC1(C(=O)O)c1ccc(I)cc1. The normalized spacial score (nSPS) is 26.1. The van der Waals surface area contributed by atoms with Crippen LogP contribution in [0.5, 0.6) is 0 Å². The fraction of sp³-hybridized carbons (Fsp3) is 0.263. The molecule has 0 fully saturated rings. The number of benzene rings is 1. The van der Waals surface area contributed by atoms with E-state index < -0.39 is 22.8 Å². The standard InChI is InChI=1S/C19H17IO5/c1-12-8-9-18(16(21)22,15-3-2-10-25-15)11-19(12,17(23)24)13-4-6-14(20)7-5-13/h2-8,10H,9,11H2,1H3,(H,21,22)(H,23,24). The van der Waals surface area contributed by atoms with Gasteiger partial charge in [-0.3, -0.25) is 9.59 Å². The number of hydrogen-bond donors (Lipinski definition) is 2. The number of furan rings is 1. The van der Waals surface area contributed by atoms with Gasteiger partial charge in [0.05, 0.1) is 6.26 Å². The maximum Gasteiger partial charge on any atom is 0.318 e. The summed E-state index contributed by atoms with van der Waals surface area (Å²) in [4.78, 5) is 24.6. The van der Waals surface area contributed by atoms with Crippen LogP contribution in [0.1, 0.15) is 31.1 Å². The maximum atomic E-state index is 12.4. The lowest BCUT2D eigenvalue weighted by atomic mass is 9.58. The monoisotopic (exact) mass is 452 g/mol. The largest absolute Gasteiger partial charge is 0.480 e. The number of allylic oxidation sites excluding steroid dienone is 1. The van der Waals surface area contributed by atoms with Crippen molar-refractivity contribution in [3.8, 4) is 0 Å². The molecule has 0 radical (unpaired) electrons. The van der Waals surface area contributed by atoms with E-state index in [4.69, 9.17) is 4.42 Å². The maximum absolute atomic E-state index is 12.4. The molecule has 2 aromatic rings. The summed E-state index contributed by atoms with van der Waals surface area (Å²) < 4.78 is 6.38. The average Bonchev–Trinajstić information content (AvgIpc) is 3.11. The van der Waals surface area contributed by atoms with Crippen LogP contribution in [0.15, 0.2) is 58.7 Å². The minimum atomic E-state index is -1.41. The van der Waals surface area contributed by atoms with E-state index in [0.717, 1.165) is 3.57 Å². The lowest BCUT2D eigenvalue weighted by Crippen LogP contribution is -2.50. The topological polar surface area (TPSA) is 87.7 Å². The molecule has 3 rings (SSSR count). The molecule has 0 spiro atoms. The predicted molar refractivity (Wildman–Crippen MR) is 99.5 cm³/mol. The first-order valence-electron chi connectivity index (χ1n) is 7.77. The molecule has 0 bridgehead atoms. The highest BCUT2D eigenvalue weighted by Crippen LogP contribution is 2.50. The van der Waals surface area contributed by atoms with Gasteiger partial charge in [0.1, 0.15) is 16.6 Å². The third kappa shape index (κ3) is 2.68. The average molecular weight is 452 g/mol. The first kappa shape index (κ1) is 17.7. The Hall–Kier alpha value is -2.09. The van der Waals surface area contributed by atoms with Gasteiger partial charge in [-0.05, 0) is 72.2 Å². The molecule has 0 saturated heterocycles. The number of aliphatic carboxylic acids is 2. The smallest absolute Gasteiger partial charge is 0.318 e. The second-order valence-corrected chi connectivity index (χ2v) is 7.60. The molecule has 2 unspecified atom stereocenters. The van der Waals surface area contributed by atoms with Crippen molar-refractivity contribution in [3.05, 3.63) is 69.2 Å². The van der Waals surface area contributed by atoms with Crippen LogP contribution in [-0.4, -0.2) is 22.2 Å². The first-order chi connectivity index (χ1) is 11.8. The van der Waals surface area contributed by atoms with Gasteiger partial charge in [-0.15, -0.1) is 0 Å². The summed E-state index contributed by atoms with van der Waals surface area (Å²) in [7, 11) is 0. The van der Waals surface area contributed by atoms with Crippen LogP contribution in [0.3, 0.4) is 0 Å². The van der Waals surface area contributed by atoms with E-state index in [1.54, 1.807) is 37.3 Å². The molecule has 2 atom stereocenters. The first-order valence-corrected chi connectivity index (χ1v) is 8.85. The number of halogens is 1. The van der Waals surface area contributed by atoms with Gasteiger partial charge in [0.2, 0.25) is 0 Å².